The predicted molar refractivity (Wildman–Crippen MR) is 93.2 cm³/mol. The molecule has 3 rings (SSSR count). The lowest BCUT2D eigenvalue weighted by Crippen LogP contribution is -2.34. The third kappa shape index (κ3) is 3.61. The summed E-state index contributed by atoms with van der Waals surface area (Å²) in [6.45, 7) is 0.108. The molecule has 1 aliphatic carbocycles. The Morgan fingerprint density at radius 3 is 2.19 bits per heavy atom. The van der Waals surface area contributed by atoms with E-state index in [1.54, 1.807) is 24.3 Å². The van der Waals surface area contributed by atoms with Gasteiger partial charge in [0, 0.05) is 18.7 Å². The molecule has 7 heteroatoms. The van der Waals surface area contributed by atoms with Crippen molar-refractivity contribution < 1.29 is 23.9 Å². The van der Waals surface area contributed by atoms with E-state index in [1.165, 1.54) is 12.0 Å². The summed E-state index contributed by atoms with van der Waals surface area (Å²) in [6, 6.07) is 6.31. The lowest BCUT2D eigenvalue weighted by Gasteiger charge is -2.19. The summed E-state index contributed by atoms with van der Waals surface area (Å²) in [5.41, 5.74) is 0.928. The smallest absolute Gasteiger partial charge is 0.337 e. The van der Waals surface area contributed by atoms with Crippen LogP contribution in [-0.4, -0.2) is 42.2 Å². The van der Waals surface area contributed by atoms with Gasteiger partial charge in [-0.3, -0.25) is 19.3 Å². The average molecular weight is 358 g/mol. The lowest BCUT2D eigenvalue weighted by molar-refractivity contribution is -0.140. The molecule has 2 fully saturated rings. The molecule has 0 bridgehead atoms. The molecule has 0 unspecified atom stereocenters. The van der Waals surface area contributed by atoms with Crippen molar-refractivity contribution in [2.45, 2.75) is 32.1 Å². The van der Waals surface area contributed by atoms with Gasteiger partial charge in [0.05, 0.1) is 24.5 Å². The normalized spacial score (nSPS) is 22.1. The molecule has 1 aromatic carbocycles. The number of nitrogens with zero attached hydrogens (tertiary/aromatic N) is 1. The number of fused-ring (bicyclic) bond motifs is 1. The molecule has 1 aromatic rings. The van der Waals surface area contributed by atoms with Gasteiger partial charge in [0.2, 0.25) is 17.7 Å². The molecule has 1 saturated heterocycles. The van der Waals surface area contributed by atoms with Crippen LogP contribution in [0.1, 0.15) is 42.5 Å². The van der Waals surface area contributed by atoms with Gasteiger partial charge in [0.25, 0.3) is 0 Å². The second kappa shape index (κ2) is 7.68. The summed E-state index contributed by atoms with van der Waals surface area (Å²) < 4.78 is 4.62. The molecule has 1 saturated carbocycles. The summed E-state index contributed by atoms with van der Waals surface area (Å²) in [7, 11) is 1.30. The van der Waals surface area contributed by atoms with Gasteiger partial charge in [-0.15, -0.1) is 0 Å². The fourth-order valence-corrected chi connectivity index (χ4v) is 3.70. The molecule has 2 aliphatic rings. The molecule has 1 N–H and O–H groups in total. The van der Waals surface area contributed by atoms with Crippen LogP contribution in [0.5, 0.6) is 0 Å². The Morgan fingerprint density at radius 1 is 1.08 bits per heavy atom. The fraction of sp³-hybridized carbons (Fsp3) is 0.474. The van der Waals surface area contributed by atoms with Crippen LogP contribution < -0.4 is 5.32 Å². The third-order valence-electron chi connectivity index (χ3n) is 5.08. The van der Waals surface area contributed by atoms with Crippen LogP contribution in [0.4, 0.5) is 5.69 Å². The van der Waals surface area contributed by atoms with Gasteiger partial charge in [-0.05, 0) is 37.1 Å². The van der Waals surface area contributed by atoms with Crippen molar-refractivity contribution in [2.24, 2.45) is 11.8 Å². The number of likely N-dealkylation sites (tertiary alicyclic amines) is 1. The number of amides is 3. The highest BCUT2D eigenvalue weighted by Crippen LogP contribution is 2.37. The zero-order valence-electron chi connectivity index (χ0n) is 14.7. The molecule has 7 nitrogen and oxygen atoms in total. The zero-order valence-corrected chi connectivity index (χ0v) is 14.7. The average Bonchev–Trinajstić information content (AvgIpc) is 2.91. The van der Waals surface area contributed by atoms with E-state index in [1.807, 2.05) is 0 Å². The number of methoxy groups -OCH3 is 1. The first-order valence-electron chi connectivity index (χ1n) is 8.84. The maximum atomic E-state index is 12.4. The van der Waals surface area contributed by atoms with Gasteiger partial charge in [-0.1, -0.05) is 12.8 Å². The Bertz CT molecular complexity index is 704. The van der Waals surface area contributed by atoms with E-state index < -0.39 is 5.97 Å². The van der Waals surface area contributed by atoms with Crippen molar-refractivity contribution in [3.63, 3.8) is 0 Å². The van der Waals surface area contributed by atoms with Gasteiger partial charge in [0.1, 0.15) is 0 Å². The second-order valence-corrected chi connectivity index (χ2v) is 6.69. The first kappa shape index (κ1) is 18.1. The number of nitrogens with one attached hydrogen (secondary N) is 1. The monoisotopic (exact) mass is 358 g/mol. The number of imide groups is 1. The molecule has 3 amide bonds. The molecule has 2 atom stereocenters. The number of hydrogen-bond acceptors (Lipinski definition) is 5. The van der Waals surface area contributed by atoms with Crippen LogP contribution in [0.25, 0.3) is 0 Å². The van der Waals surface area contributed by atoms with E-state index in [-0.39, 0.29) is 42.5 Å². The molecule has 1 aliphatic heterocycles. The first-order chi connectivity index (χ1) is 12.5. The van der Waals surface area contributed by atoms with Crippen molar-refractivity contribution >= 4 is 29.4 Å². The number of esters is 1. The molecule has 0 spiro atoms. The van der Waals surface area contributed by atoms with Gasteiger partial charge in [-0.25, -0.2) is 4.79 Å². The summed E-state index contributed by atoms with van der Waals surface area (Å²) >= 11 is 0. The number of carbonyl (C=O) groups is 4. The standard InChI is InChI=1S/C19H22N2O5/c1-26-19(25)12-6-8-13(9-7-12)20-16(22)10-11-21-17(23)14-4-2-3-5-15(14)18(21)24/h6-9,14-15H,2-5,10-11H2,1H3,(H,20,22)/t14-,15+. The largest absolute Gasteiger partial charge is 0.465 e. The number of carbonyl (C=O) groups excluding carboxylic acids is 4. The molecule has 0 radical (unpaired) electrons. The highest BCUT2D eigenvalue weighted by Gasteiger charge is 2.47. The van der Waals surface area contributed by atoms with Crippen LogP contribution >= 0.6 is 0 Å². The van der Waals surface area contributed by atoms with E-state index in [2.05, 4.69) is 10.1 Å². The maximum Gasteiger partial charge on any atom is 0.337 e. The summed E-state index contributed by atoms with van der Waals surface area (Å²) in [5.74, 6) is -1.37. The van der Waals surface area contributed by atoms with Crippen molar-refractivity contribution in [1.82, 2.24) is 4.90 Å². The number of hydrogen-bond donors (Lipinski definition) is 1. The molecule has 0 aromatic heterocycles. The SMILES string of the molecule is COC(=O)c1ccc(NC(=O)CCN2C(=O)[C@H]3CCCC[C@H]3C2=O)cc1. The Hall–Kier alpha value is -2.70. The predicted octanol–water partition coefficient (Wildman–Crippen LogP) is 1.98. The first-order valence-corrected chi connectivity index (χ1v) is 8.84. The Balaban J connectivity index is 1.53. The minimum atomic E-state index is -0.449. The minimum absolute atomic E-state index is 0.0513. The third-order valence-corrected chi connectivity index (χ3v) is 5.08. The van der Waals surface area contributed by atoms with E-state index in [0.29, 0.717) is 11.3 Å². The number of anilines is 1. The van der Waals surface area contributed by atoms with Gasteiger partial charge in [-0.2, -0.15) is 0 Å². The van der Waals surface area contributed by atoms with Crippen molar-refractivity contribution in [3.8, 4) is 0 Å². The fourth-order valence-electron chi connectivity index (χ4n) is 3.70. The molecular formula is C19H22N2O5. The number of rotatable bonds is 5. The van der Waals surface area contributed by atoms with Crippen LogP contribution in [0.2, 0.25) is 0 Å². The lowest BCUT2D eigenvalue weighted by atomic mass is 9.81. The highest BCUT2D eigenvalue weighted by molar-refractivity contribution is 6.05. The van der Waals surface area contributed by atoms with E-state index in [4.69, 9.17) is 0 Å². The topological polar surface area (TPSA) is 92.8 Å². The van der Waals surface area contributed by atoms with E-state index in [9.17, 15) is 19.2 Å². The Kier molecular flexibility index (Phi) is 5.35. The van der Waals surface area contributed by atoms with Gasteiger partial charge < -0.3 is 10.1 Å². The van der Waals surface area contributed by atoms with Crippen LogP contribution in [0, 0.1) is 11.8 Å². The quantitative estimate of drug-likeness (QED) is 0.642. The van der Waals surface area contributed by atoms with Crippen LogP contribution in [0.3, 0.4) is 0 Å². The number of ether oxygens (including phenoxy) is 1. The van der Waals surface area contributed by atoms with Crippen molar-refractivity contribution in [1.29, 1.82) is 0 Å². The van der Waals surface area contributed by atoms with E-state index >= 15 is 0 Å². The summed E-state index contributed by atoms with van der Waals surface area (Å²) in [6.07, 6.45) is 3.55. The summed E-state index contributed by atoms with van der Waals surface area (Å²) in [4.78, 5) is 49.5. The van der Waals surface area contributed by atoms with Crippen LogP contribution in [-0.2, 0) is 19.1 Å². The van der Waals surface area contributed by atoms with E-state index in [0.717, 1.165) is 25.7 Å². The zero-order chi connectivity index (χ0) is 18.7. The Morgan fingerprint density at radius 2 is 1.65 bits per heavy atom. The van der Waals surface area contributed by atoms with Crippen molar-refractivity contribution in [3.05, 3.63) is 29.8 Å². The minimum Gasteiger partial charge on any atom is -0.465 e. The number of benzene rings is 1. The molecular weight excluding hydrogens is 336 g/mol. The van der Waals surface area contributed by atoms with Gasteiger partial charge >= 0.3 is 5.97 Å². The second-order valence-electron chi connectivity index (χ2n) is 6.69. The molecule has 138 valence electrons. The highest BCUT2D eigenvalue weighted by atomic mass is 16.5. The van der Waals surface area contributed by atoms with Crippen LogP contribution in [0.15, 0.2) is 24.3 Å². The maximum absolute atomic E-state index is 12.4. The molecule has 26 heavy (non-hydrogen) atoms. The summed E-state index contributed by atoms with van der Waals surface area (Å²) in [5, 5.41) is 2.70. The van der Waals surface area contributed by atoms with Crippen molar-refractivity contribution in [2.75, 3.05) is 19.0 Å². The molecule has 1 heterocycles. The van der Waals surface area contributed by atoms with Gasteiger partial charge in [0.15, 0.2) is 0 Å². The Labute approximate surface area is 151 Å².